The van der Waals surface area contributed by atoms with Gasteiger partial charge in [0.05, 0.1) is 19.3 Å². The number of carboxylic acids is 1. The van der Waals surface area contributed by atoms with Crippen LogP contribution in [0.4, 0.5) is 0 Å². The first kappa shape index (κ1) is 12.0. The second-order valence-corrected chi connectivity index (χ2v) is 4.19. The molecule has 0 amide bonds. The van der Waals surface area contributed by atoms with Gasteiger partial charge in [0, 0.05) is 31.9 Å². The van der Waals surface area contributed by atoms with E-state index in [9.17, 15) is 4.79 Å². The predicted molar refractivity (Wildman–Crippen MR) is 61.8 cm³/mol. The van der Waals surface area contributed by atoms with Crippen LogP contribution in [0.2, 0.25) is 0 Å². The summed E-state index contributed by atoms with van der Waals surface area (Å²) in [5, 5.41) is 8.75. The molecule has 2 rings (SSSR count). The molecular weight excluding hydrogens is 220 g/mol. The zero-order valence-electron chi connectivity index (χ0n) is 9.58. The maximum absolute atomic E-state index is 10.6. The Morgan fingerprint density at radius 1 is 1.65 bits per heavy atom. The molecule has 1 unspecified atom stereocenters. The number of pyridine rings is 1. The number of ether oxygens (including phenoxy) is 1. The van der Waals surface area contributed by atoms with Crippen molar-refractivity contribution in [2.24, 2.45) is 0 Å². The highest BCUT2D eigenvalue weighted by Crippen LogP contribution is 2.10. The van der Waals surface area contributed by atoms with E-state index in [1.165, 1.54) is 0 Å². The number of aliphatic carboxylic acids is 1. The number of morpholine rings is 1. The molecule has 1 N–H and O–H groups in total. The van der Waals surface area contributed by atoms with Gasteiger partial charge in [0.25, 0.3) is 0 Å². The van der Waals surface area contributed by atoms with Crippen molar-refractivity contribution < 1.29 is 14.6 Å². The quantitative estimate of drug-likeness (QED) is 0.820. The Balaban J connectivity index is 1.87. The molecule has 0 radical (unpaired) electrons. The lowest BCUT2D eigenvalue weighted by Crippen LogP contribution is -2.45. The Bertz CT molecular complexity index is 369. The zero-order valence-corrected chi connectivity index (χ0v) is 9.58. The van der Waals surface area contributed by atoms with Gasteiger partial charge in [-0.25, -0.2) is 0 Å². The summed E-state index contributed by atoms with van der Waals surface area (Å²) in [4.78, 5) is 16.6. The second kappa shape index (κ2) is 5.75. The SMILES string of the molecule is O=C(O)CN1CCOC(Cc2cccnc2)C1. The number of hydrogen-bond acceptors (Lipinski definition) is 4. The van der Waals surface area contributed by atoms with Crippen LogP contribution in [0.25, 0.3) is 0 Å². The Morgan fingerprint density at radius 3 is 3.24 bits per heavy atom. The molecule has 2 heterocycles. The number of hydrogen-bond donors (Lipinski definition) is 1. The van der Waals surface area contributed by atoms with E-state index in [0.29, 0.717) is 19.7 Å². The van der Waals surface area contributed by atoms with Crippen molar-refractivity contribution in [3.05, 3.63) is 30.1 Å². The lowest BCUT2D eigenvalue weighted by Gasteiger charge is -2.31. The van der Waals surface area contributed by atoms with Gasteiger partial charge in [-0.3, -0.25) is 14.7 Å². The molecule has 5 heteroatoms. The van der Waals surface area contributed by atoms with Crippen LogP contribution in [0.1, 0.15) is 5.56 Å². The molecule has 1 fully saturated rings. The lowest BCUT2D eigenvalue weighted by atomic mass is 10.1. The van der Waals surface area contributed by atoms with Crippen LogP contribution in [0.5, 0.6) is 0 Å². The summed E-state index contributed by atoms with van der Waals surface area (Å²) >= 11 is 0. The van der Waals surface area contributed by atoms with Gasteiger partial charge in [-0.2, -0.15) is 0 Å². The summed E-state index contributed by atoms with van der Waals surface area (Å²) in [6, 6.07) is 3.90. The fraction of sp³-hybridized carbons (Fsp3) is 0.500. The first-order chi connectivity index (χ1) is 8.24. The largest absolute Gasteiger partial charge is 0.480 e. The van der Waals surface area contributed by atoms with Crippen LogP contribution < -0.4 is 0 Å². The summed E-state index contributed by atoms with van der Waals surface area (Å²) in [7, 11) is 0. The average Bonchev–Trinajstić information content (AvgIpc) is 2.30. The van der Waals surface area contributed by atoms with E-state index < -0.39 is 5.97 Å². The summed E-state index contributed by atoms with van der Waals surface area (Å²) in [6.07, 6.45) is 4.40. The highest BCUT2D eigenvalue weighted by Gasteiger charge is 2.22. The Hall–Kier alpha value is -1.46. The van der Waals surface area contributed by atoms with E-state index in [-0.39, 0.29) is 12.6 Å². The third-order valence-corrected chi connectivity index (χ3v) is 2.77. The highest BCUT2D eigenvalue weighted by molar-refractivity contribution is 5.69. The first-order valence-corrected chi connectivity index (χ1v) is 5.68. The third kappa shape index (κ3) is 3.80. The summed E-state index contributed by atoms with van der Waals surface area (Å²) in [5.41, 5.74) is 1.12. The van der Waals surface area contributed by atoms with Crippen molar-refractivity contribution in [1.29, 1.82) is 0 Å². The van der Waals surface area contributed by atoms with Crippen molar-refractivity contribution in [3.63, 3.8) is 0 Å². The number of aromatic nitrogens is 1. The molecule has 1 aliphatic heterocycles. The molecule has 1 atom stereocenters. The van der Waals surface area contributed by atoms with Gasteiger partial charge in [-0.1, -0.05) is 6.07 Å². The number of carboxylic acid groups (broad SMARTS) is 1. The van der Waals surface area contributed by atoms with Gasteiger partial charge in [-0.15, -0.1) is 0 Å². The fourth-order valence-electron chi connectivity index (χ4n) is 2.02. The molecule has 5 nitrogen and oxygen atoms in total. The van der Waals surface area contributed by atoms with Gasteiger partial charge in [0.1, 0.15) is 0 Å². The fourth-order valence-corrected chi connectivity index (χ4v) is 2.02. The molecule has 0 aliphatic carbocycles. The van der Waals surface area contributed by atoms with Crippen molar-refractivity contribution in [2.75, 3.05) is 26.2 Å². The standard InChI is InChI=1S/C12H16N2O3/c15-12(16)9-14-4-5-17-11(8-14)6-10-2-1-3-13-7-10/h1-3,7,11H,4-6,8-9H2,(H,15,16). The van der Waals surface area contributed by atoms with Gasteiger partial charge >= 0.3 is 5.97 Å². The van der Waals surface area contributed by atoms with E-state index in [4.69, 9.17) is 9.84 Å². The maximum Gasteiger partial charge on any atom is 0.317 e. The molecule has 0 spiro atoms. The van der Waals surface area contributed by atoms with Crippen molar-refractivity contribution in [1.82, 2.24) is 9.88 Å². The number of rotatable bonds is 4. The summed E-state index contributed by atoms with van der Waals surface area (Å²) in [5.74, 6) is -0.785. The number of nitrogens with zero attached hydrogens (tertiary/aromatic N) is 2. The van der Waals surface area contributed by atoms with Gasteiger partial charge < -0.3 is 9.84 Å². The summed E-state index contributed by atoms with van der Waals surface area (Å²) in [6.45, 7) is 2.04. The topological polar surface area (TPSA) is 62.7 Å². The van der Waals surface area contributed by atoms with Crippen LogP contribution in [0, 0.1) is 0 Å². The third-order valence-electron chi connectivity index (χ3n) is 2.77. The van der Waals surface area contributed by atoms with E-state index in [0.717, 1.165) is 12.0 Å². The molecule has 17 heavy (non-hydrogen) atoms. The van der Waals surface area contributed by atoms with Crippen LogP contribution in [-0.4, -0.2) is 53.3 Å². The smallest absolute Gasteiger partial charge is 0.317 e. The molecule has 0 saturated carbocycles. The molecule has 0 aromatic carbocycles. The van der Waals surface area contributed by atoms with E-state index in [1.807, 2.05) is 23.2 Å². The normalized spacial score (nSPS) is 21.3. The average molecular weight is 236 g/mol. The van der Waals surface area contributed by atoms with Crippen molar-refractivity contribution in [2.45, 2.75) is 12.5 Å². The monoisotopic (exact) mass is 236 g/mol. The zero-order chi connectivity index (χ0) is 12.1. The molecule has 1 aliphatic rings. The summed E-state index contributed by atoms with van der Waals surface area (Å²) < 4.78 is 5.63. The molecular formula is C12H16N2O3. The minimum atomic E-state index is -0.785. The second-order valence-electron chi connectivity index (χ2n) is 4.19. The Morgan fingerprint density at radius 2 is 2.53 bits per heavy atom. The van der Waals surface area contributed by atoms with Crippen LogP contribution >= 0.6 is 0 Å². The van der Waals surface area contributed by atoms with E-state index in [1.54, 1.807) is 6.20 Å². The van der Waals surface area contributed by atoms with Gasteiger partial charge in [-0.05, 0) is 11.6 Å². The maximum atomic E-state index is 10.6. The van der Waals surface area contributed by atoms with E-state index >= 15 is 0 Å². The lowest BCUT2D eigenvalue weighted by molar-refractivity contribution is -0.140. The molecule has 1 aromatic heterocycles. The molecule has 92 valence electrons. The predicted octanol–water partition coefficient (Wildman–Crippen LogP) is 0.409. The highest BCUT2D eigenvalue weighted by atomic mass is 16.5. The van der Waals surface area contributed by atoms with Crippen LogP contribution in [0.3, 0.4) is 0 Å². The number of carbonyl (C=O) groups is 1. The van der Waals surface area contributed by atoms with Crippen LogP contribution in [0.15, 0.2) is 24.5 Å². The minimum absolute atomic E-state index is 0.0623. The van der Waals surface area contributed by atoms with Gasteiger partial charge in [0.15, 0.2) is 0 Å². The minimum Gasteiger partial charge on any atom is -0.480 e. The first-order valence-electron chi connectivity index (χ1n) is 5.68. The Kier molecular flexibility index (Phi) is 4.06. The molecule has 1 aromatic rings. The molecule has 1 saturated heterocycles. The van der Waals surface area contributed by atoms with Crippen molar-refractivity contribution in [3.8, 4) is 0 Å². The molecule has 0 bridgehead atoms. The van der Waals surface area contributed by atoms with E-state index in [2.05, 4.69) is 4.98 Å². The Labute approximate surface area is 100 Å². The van der Waals surface area contributed by atoms with Crippen LogP contribution in [-0.2, 0) is 16.0 Å². The van der Waals surface area contributed by atoms with Gasteiger partial charge in [0.2, 0.25) is 0 Å². The van der Waals surface area contributed by atoms with Crippen molar-refractivity contribution >= 4 is 5.97 Å².